The molecule has 1 aromatic heterocycles. The lowest BCUT2D eigenvalue weighted by molar-refractivity contribution is 0.0795. The minimum Gasteiger partial charge on any atom is -0.471 e. The molecule has 126 valence electrons. The lowest BCUT2D eigenvalue weighted by Crippen LogP contribution is -2.13. The summed E-state index contributed by atoms with van der Waals surface area (Å²) in [7, 11) is 3.32. The van der Waals surface area contributed by atoms with Crippen molar-refractivity contribution in [3.63, 3.8) is 0 Å². The number of hydrazone groups is 1. The highest BCUT2D eigenvalue weighted by molar-refractivity contribution is 5.82. The number of anilines is 1. The van der Waals surface area contributed by atoms with Gasteiger partial charge in [-0.15, -0.1) is 0 Å². The number of ether oxygens (including phenoxy) is 1. The van der Waals surface area contributed by atoms with Crippen molar-refractivity contribution in [2.45, 2.75) is 13.3 Å². The molecule has 0 aliphatic carbocycles. The fourth-order valence-electron chi connectivity index (χ4n) is 1.34. The van der Waals surface area contributed by atoms with E-state index in [4.69, 9.17) is 4.74 Å². The number of rotatable bonds is 9. The SMILES string of the molecule is C=C(C)N(C)/N=C\CNc1ncc(C=NC)c(OCC(F)F)n1. The second kappa shape index (κ2) is 9.44. The van der Waals surface area contributed by atoms with Crippen LogP contribution in [0.15, 0.2) is 28.6 Å². The van der Waals surface area contributed by atoms with Crippen LogP contribution < -0.4 is 10.1 Å². The molecule has 0 aliphatic heterocycles. The van der Waals surface area contributed by atoms with Gasteiger partial charge >= 0.3 is 0 Å². The van der Waals surface area contributed by atoms with E-state index >= 15 is 0 Å². The van der Waals surface area contributed by atoms with Crippen LogP contribution in [-0.2, 0) is 0 Å². The molecule has 0 amide bonds. The van der Waals surface area contributed by atoms with Crippen molar-refractivity contribution in [2.75, 3.05) is 32.6 Å². The molecule has 1 aromatic rings. The maximum Gasteiger partial charge on any atom is 0.272 e. The maximum absolute atomic E-state index is 12.3. The van der Waals surface area contributed by atoms with Crippen LogP contribution in [0, 0.1) is 0 Å². The predicted molar refractivity (Wildman–Crippen MR) is 86.6 cm³/mol. The van der Waals surface area contributed by atoms with E-state index in [0.717, 1.165) is 5.70 Å². The molecule has 0 bridgehead atoms. The van der Waals surface area contributed by atoms with Gasteiger partial charge in [0.15, 0.2) is 6.61 Å². The Kier molecular flexibility index (Phi) is 7.58. The summed E-state index contributed by atoms with van der Waals surface area (Å²) in [4.78, 5) is 11.9. The van der Waals surface area contributed by atoms with E-state index in [0.29, 0.717) is 12.1 Å². The molecule has 0 spiro atoms. The number of aromatic nitrogens is 2. The van der Waals surface area contributed by atoms with Crippen molar-refractivity contribution in [3.05, 3.63) is 24.0 Å². The molecule has 1 heterocycles. The number of nitrogens with zero attached hydrogens (tertiary/aromatic N) is 5. The predicted octanol–water partition coefficient (Wildman–Crippen LogP) is 2.03. The summed E-state index contributed by atoms with van der Waals surface area (Å²) in [5.74, 6) is 0.288. The number of alkyl halides is 2. The van der Waals surface area contributed by atoms with Gasteiger partial charge in [-0.3, -0.25) is 10.0 Å². The summed E-state index contributed by atoms with van der Waals surface area (Å²) in [6.45, 7) is 5.18. The summed E-state index contributed by atoms with van der Waals surface area (Å²) in [5, 5.41) is 8.61. The average Bonchev–Trinajstić information content (AvgIpc) is 2.51. The summed E-state index contributed by atoms with van der Waals surface area (Å²) in [6.07, 6.45) is 1.91. The van der Waals surface area contributed by atoms with Crippen molar-refractivity contribution >= 4 is 18.4 Å². The summed E-state index contributed by atoms with van der Waals surface area (Å²) < 4.78 is 29.5. The van der Waals surface area contributed by atoms with Crippen LogP contribution in [0.2, 0.25) is 0 Å². The molecule has 0 aromatic carbocycles. The first kappa shape index (κ1) is 18.5. The first-order valence-electron chi connectivity index (χ1n) is 6.79. The second-order valence-electron chi connectivity index (χ2n) is 4.48. The lowest BCUT2D eigenvalue weighted by Gasteiger charge is -2.11. The second-order valence-corrected chi connectivity index (χ2v) is 4.48. The number of nitrogens with one attached hydrogen (secondary N) is 1. The van der Waals surface area contributed by atoms with E-state index in [-0.39, 0.29) is 11.8 Å². The minimum absolute atomic E-state index is 0.0457. The molecule has 9 heteroatoms. The fourth-order valence-corrected chi connectivity index (χ4v) is 1.34. The van der Waals surface area contributed by atoms with Gasteiger partial charge in [-0.05, 0) is 6.92 Å². The Bertz CT molecular complexity index is 576. The number of allylic oxidation sites excluding steroid dienone is 1. The highest BCUT2D eigenvalue weighted by atomic mass is 19.3. The zero-order valence-corrected chi connectivity index (χ0v) is 13.3. The molecule has 23 heavy (non-hydrogen) atoms. The molecule has 0 saturated heterocycles. The highest BCUT2D eigenvalue weighted by Crippen LogP contribution is 2.15. The number of halogens is 2. The third-order valence-corrected chi connectivity index (χ3v) is 2.55. The lowest BCUT2D eigenvalue weighted by atomic mass is 10.3. The van der Waals surface area contributed by atoms with E-state index < -0.39 is 13.0 Å². The topological polar surface area (TPSA) is 75.0 Å². The molecule has 0 atom stereocenters. The van der Waals surface area contributed by atoms with Gasteiger partial charge in [0.2, 0.25) is 11.8 Å². The Balaban J connectivity index is 2.72. The van der Waals surface area contributed by atoms with Crippen LogP contribution in [0.1, 0.15) is 12.5 Å². The molecule has 1 N–H and O–H groups in total. The Morgan fingerprint density at radius 3 is 2.91 bits per heavy atom. The molecular formula is C14H20F2N6O. The van der Waals surface area contributed by atoms with Crippen molar-refractivity contribution in [2.24, 2.45) is 10.1 Å². The molecule has 7 nitrogen and oxygen atoms in total. The third-order valence-electron chi connectivity index (χ3n) is 2.55. The fraction of sp³-hybridized carbons (Fsp3) is 0.429. The first-order chi connectivity index (χ1) is 10.9. The average molecular weight is 326 g/mol. The van der Waals surface area contributed by atoms with E-state index in [9.17, 15) is 8.78 Å². The Morgan fingerprint density at radius 1 is 1.57 bits per heavy atom. The first-order valence-corrected chi connectivity index (χ1v) is 6.79. The van der Waals surface area contributed by atoms with Crippen LogP contribution in [-0.4, -0.2) is 61.1 Å². The van der Waals surface area contributed by atoms with Crippen molar-refractivity contribution < 1.29 is 13.5 Å². The van der Waals surface area contributed by atoms with Crippen LogP contribution >= 0.6 is 0 Å². The standard InChI is InChI=1S/C14H20F2N6O/c1-10(2)22(4)20-6-5-18-14-19-8-11(7-17-3)13(21-14)23-9-12(15)16/h6-8,12H,1,5,9H2,2-4H3,(H,18,19,21)/b17-7?,20-6-. The van der Waals surface area contributed by atoms with Gasteiger partial charge in [-0.25, -0.2) is 13.8 Å². The summed E-state index contributed by atoms with van der Waals surface area (Å²) in [6, 6.07) is 0. The van der Waals surface area contributed by atoms with Gasteiger partial charge in [-0.2, -0.15) is 10.1 Å². The van der Waals surface area contributed by atoms with E-state index in [1.807, 2.05) is 6.92 Å². The van der Waals surface area contributed by atoms with Crippen molar-refractivity contribution in [1.29, 1.82) is 0 Å². The van der Waals surface area contributed by atoms with Gasteiger partial charge in [0, 0.05) is 38.4 Å². The van der Waals surface area contributed by atoms with Gasteiger partial charge in [0.1, 0.15) is 0 Å². The van der Waals surface area contributed by atoms with E-state index in [2.05, 4.69) is 32.0 Å². The Hall–Kier alpha value is -2.58. The van der Waals surface area contributed by atoms with Gasteiger partial charge in [-0.1, -0.05) is 6.58 Å². The number of hydrogen-bond donors (Lipinski definition) is 1. The summed E-state index contributed by atoms with van der Waals surface area (Å²) >= 11 is 0. The molecule has 0 aliphatic rings. The maximum atomic E-state index is 12.3. The third kappa shape index (κ3) is 6.81. The minimum atomic E-state index is -2.59. The van der Waals surface area contributed by atoms with Crippen molar-refractivity contribution in [3.8, 4) is 5.88 Å². The smallest absolute Gasteiger partial charge is 0.272 e. The molecular weight excluding hydrogens is 306 g/mol. The molecule has 1 rings (SSSR count). The van der Waals surface area contributed by atoms with Crippen LogP contribution in [0.4, 0.5) is 14.7 Å². The van der Waals surface area contributed by atoms with Gasteiger partial charge in [0.25, 0.3) is 6.43 Å². The molecule has 0 saturated carbocycles. The van der Waals surface area contributed by atoms with E-state index in [1.54, 1.807) is 25.3 Å². The van der Waals surface area contributed by atoms with Crippen molar-refractivity contribution in [1.82, 2.24) is 15.0 Å². The van der Waals surface area contributed by atoms with Gasteiger partial charge < -0.3 is 10.1 Å². The van der Waals surface area contributed by atoms with E-state index in [1.165, 1.54) is 12.4 Å². The van der Waals surface area contributed by atoms with Gasteiger partial charge in [0.05, 0.1) is 12.1 Å². The largest absolute Gasteiger partial charge is 0.471 e. The quantitative estimate of drug-likeness (QED) is 0.555. The normalized spacial score (nSPS) is 11.4. The van der Waals surface area contributed by atoms with Crippen LogP contribution in [0.25, 0.3) is 0 Å². The molecule has 0 fully saturated rings. The highest BCUT2D eigenvalue weighted by Gasteiger charge is 2.10. The zero-order chi connectivity index (χ0) is 17.2. The number of aliphatic imine (C=N–C) groups is 1. The number of hydrogen-bond acceptors (Lipinski definition) is 7. The molecule has 0 radical (unpaired) electrons. The zero-order valence-electron chi connectivity index (χ0n) is 13.3. The monoisotopic (exact) mass is 326 g/mol. The Labute approximate surface area is 133 Å². The summed E-state index contributed by atoms with van der Waals surface area (Å²) in [5.41, 5.74) is 1.22. The van der Waals surface area contributed by atoms with Crippen LogP contribution in [0.3, 0.4) is 0 Å². The molecule has 0 unspecified atom stereocenters. The Morgan fingerprint density at radius 2 is 2.30 bits per heavy atom. The van der Waals surface area contributed by atoms with Crippen LogP contribution in [0.5, 0.6) is 5.88 Å².